The van der Waals surface area contributed by atoms with Crippen LogP contribution in [0.5, 0.6) is 11.5 Å². The van der Waals surface area contributed by atoms with Crippen molar-refractivity contribution in [3.05, 3.63) is 83.6 Å². The van der Waals surface area contributed by atoms with Gasteiger partial charge < -0.3 is 20.0 Å². The van der Waals surface area contributed by atoms with Gasteiger partial charge in [-0.2, -0.15) is 13.2 Å². The highest BCUT2D eigenvalue weighted by molar-refractivity contribution is 5.94. The SMILES string of the molecule is CC(C)CNC(=O)C1C=CC2NN(CC3CCN(C(=O)c4ccc(Oc5ccc(C(F)(F)F)cc5)cc4)CC3)C=C2C1C. The average molecular weight is 597 g/mol. The summed E-state index contributed by atoms with van der Waals surface area (Å²) in [5, 5.41) is 5.21. The number of nitrogens with one attached hydrogen (secondary N) is 2. The molecule has 1 aliphatic carbocycles. The van der Waals surface area contributed by atoms with E-state index in [9.17, 15) is 22.8 Å². The van der Waals surface area contributed by atoms with E-state index < -0.39 is 11.7 Å². The first kappa shape index (κ1) is 30.7. The molecule has 230 valence electrons. The molecule has 0 bridgehead atoms. The van der Waals surface area contributed by atoms with Crippen LogP contribution < -0.4 is 15.5 Å². The summed E-state index contributed by atoms with van der Waals surface area (Å²) in [5.41, 5.74) is 4.59. The number of piperidine rings is 1. The molecule has 1 saturated heterocycles. The van der Waals surface area contributed by atoms with Gasteiger partial charge in [0.2, 0.25) is 5.91 Å². The first-order chi connectivity index (χ1) is 20.5. The quantitative estimate of drug-likeness (QED) is 0.365. The van der Waals surface area contributed by atoms with E-state index in [1.54, 1.807) is 24.3 Å². The molecule has 2 amide bonds. The minimum Gasteiger partial charge on any atom is -0.457 e. The standard InChI is InChI=1S/C33H39F3N4O3/c1-21(2)18-37-31(41)28-12-13-30-29(22(28)3)20-40(38-30)19-23-14-16-39(17-15-23)32(42)24-4-8-26(9-5-24)43-27-10-6-25(7-11-27)33(34,35)36/h4-13,20-23,28,30,38H,14-19H2,1-3H3,(H,37,41). The first-order valence-electron chi connectivity index (χ1n) is 14.9. The Kier molecular flexibility index (Phi) is 9.15. The van der Waals surface area contributed by atoms with Crippen LogP contribution in [0.2, 0.25) is 0 Å². The van der Waals surface area contributed by atoms with Crippen LogP contribution in [0.25, 0.3) is 0 Å². The van der Waals surface area contributed by atoms with Gasteiger partial charge in [-0.05, 0) is 84.7 Å². The number of halogens is 3. The maximum absolute atomic E-state index is 13.1. The number of carbonyl (C=O) groups is 2. The Bertz CT molecular complexity index is 1350. The van der Waals surface area contributed by atoms with Crippen LogP contribution in [0.15, 0.2) is 72.5 Å². The second-order valence-electron chi connectivity index (χ2n) is 12.1. The minimum absolute atomic E-state index is 0.0484. The maximum atomic E-state index is 13.1. The molecular formula is C33H39F3N4O3. The second kappa shape index (κ2) is 12.8. The Morgan fingerprint density at radius 3 is 2.23 bits per heavy atom. The van der Waals surface area contributed by atoms with E-state index in [1.165, 1.54) is 17.7 Å². The Balaban J connectivity index is 1.09. The molecule has 0 spiro atoms. The maximum Gasteiger partial charge on any atom is 0.416 e. The summed E-state index contributed by atoms with van der Waals surface area (Å²) >= 11 is 0. The van der Waals surface area contributed by atoms with Crippen LogP contribution in [0, 0.1) is 23.7 Å². The summed E-state index contributed by atoms with van der Waals surface area (Å²) in [5.74, 6) is 1.55. The zero-order valence-electron chi connectivity index (χ0n) is 24.7. The molecule has 0 radical (unpaired) electrons. The van der Waals surface area contributed by atoms with Gasteiger partial charge in [-0.1, -0.05) is 32.9 Å². The lowest BCUT2D eigenvalue weighted by atomic mass is 9.79. The van der Waals surface area contributed by atoms with Crippen LogP contribution in [-0.2, 0) is 11.0 Å². The zero-order valence-corrected chi connectivity index (χ0v) is 24.7. The fourth-order valence-corrected chi connectivity index (χ4v) is 5.85. The molecule has 1 fully saturated rings. The highest BCUT2D eigenvalue weighted by Gasteiger charge is 2.37. The van der Waals surface area contributed by atoms with Crippen LogP contribution in [0.4, 0.5) is 13.2 Å². The number of likely N-dealkylation sites (tertiary alicyclic amines) is 1. The topological polar surface area (TPSA) is 73.9 Å². The molecule has 43 heavy (non-hydrogen) atoms. The molecule has 0 aromatic heterocycles. The highest BCUT2D eigenvalue weighted by Crippen LogP contribution is 2.34. The van der Waals surface area contributed by atoms with Crippen LogP contribution >= 0.6 is 0 Å². The molecule has 7 nitrogen and oxygen atoms in total. The number of rotatable bonds is 8. The number of ether oxygens (including phenoxy) is 1. The van der Waals surface area contributed by atoms with Crippen molar-refractivity contribution in [2.75, 3.05) is 26.2 Å². The van der Waals surface area contributed by atoms with Crippen LogP contribution in [0.3, 0.4) is 0 Å². The molecule has 5 rings (SSSR count). The molecular weight excluding hydrogens is 557 g/mol. The third kappa shape index (κ3) is 7.41. The van der Waals surface area contributed by atoms with Gasteiger partial charge in [0.05, 0.1) is 17.5 Å². The second-order valence-corrected chi connectivity index (χ2v) is 12.1. The molecule has 0 saturated carbocycles. The van der Waals surface area contributed by atoms with Crippen molar-refractivity contribution in [1.82, 2.24) is 20.7 Å². The van der Waals surface area contributed by atoms with E-state index in [0.29, 0.717) is 42.8 Å². The third-order valence-corrected chi connectivity index (χ3v) is 8.41. The molecule has 2 aromatic rings. The summed E-state index contributed by atoms with van der Waals surface area (Å²) in [6.07, 6.45) is 3.65. The van der Waals surface area contributed by atoms with Crippen molar-refractivity contribution in [2.24, 2.45) is 23.7 Å². The molecule has 2 aromatic carbocycles. The number of amides is 2. The number of alkyl halides is 3. The van der Waals surface area contributed by atoms with Gasteiger partial charge in [0, 0.05) is 37.9 Å². The summed E-state index contributed by atoms with van der Waals surface area (Å²) in [6.45, 7) is 9.12. The lowest BCUT2D eigenvalue weighted by molar-refractivity contribution is -0.137. The van der Waals surface area contributed by atoms with Gasteiger partial charge in [0.1, 0.15) is 11.5 Å². The van der Waals surface area contributed by atoms with Crippen LogP contribution in [-0.4, -0.2) is 53.9 Å². The van der Waals surface area contributed by atoms with E-state index in [4.69, 9.17) is 4.74 Å². The number of carbonyl (C=O) groups excluding carboxylic acids is 2. The predicted molar refractivity (Wildman–Crippen MR) is 158 cm³/mol. The van der Waals surface area contributed by atoms with E-state index in [0.717, 1.165) is 31.5 Å². The lowest BCUT2D eigenvalue weighted by Gasteiger charge is -2.34. The normalized spacial score (nSPS) is 22.4. The van der Waals surface area contributed by atoms with Crippen LogP contribution in [0.1, 0.15) is 49.5 Å². The Hall–Kier alpha value is -3.79. The Labute approximate surface area is 250 Å². The summed E-state index contributed by atoms with van der Waals surface area (Å²) < 4.78 is 44.0. The van der Waals surface area contributed by atoms with Crippen molar-refractivity contribution in [3.63, 3.8) is 0 Å². The van der Waals surface area contributed by atoms with Crippen molar-refractivity contribution >= 4 is 11.8 Å². The van der Waals surface area contributed by atoms with Crippen molar-refractivity contribution in [1.29, 1.82) is 0 Å². The molecule has 10 heteroatoms. The lowest BCUT2D eigenvalue weighted by Crippen LogP contribution is -2.44. The predicted octanol–water partition coefficient (Wildman–Crippen LogP) is 6.02. The number of hydrazine groups is 1. The largest absolute Gasteiger partial charge is 0.457 e. The first-order valence-corrected chi connectivity index (χ1v) is 14.9. The zero-order chi connectivity index (χ0) is 30.7. The monoisotopic (exact) mass is 596 g/mol. The fourth-order valence-electron chi connectivity index (χ4n) is 5.85. The van der Waals surface area contributed by atoms with Crippen molar-refractivity contribution < 1.29 is 27.5 Å². The average Bonchev–Trinajstić information content (AvgIpc) is 3.40. The minimum atomic E-state index is -4.40. The van der Waals surface area contributed by atoms with Gasteiger partial charge in [0.15, 0.2) is 0 Å². The number of hydrogen-bond acceptors (Lipinski definition) is 5. The molecule has 2 heterocycles. The fraction of sp³-hybridized carbons (Fsp3) is 0.455. The number of hydrogen-bond donors (Lipinski definition) is 2. The van der Waals surface area contributed by atoms with Gasteiger partial charge in [-0.15, -0.1) is 0 Å². The van der Waals surface area contributed by atoms with Gasteiger partial charge >= 0.3 is 6.18 Å². The number of nitrogens with zero attached hydrogens (tertiary/aromatic N) is 2. The van der Waals surface area contributed by atoms with E-state index in [2.05, 4.69) is 48.8 Å². The molecule has 3 aliphatic rings. The van der Waals surface area contributed by atoms with Gasteiger partial charge in [0.25, 0.3) is 5.91 Å². The third-order valence-electron chi connectivity index (χ3n) is 8.41. The number of fused-ring (bicyclic) bond motifs is 1. The van der Waals surface area contributed by atoms with E-state index in [-0.39, 0.29) is 35.4 Å². The number of benzene rings is 2. The molecule has 2 N–H and O–H groups in total. The molecule has 2 aliphatic heterocycles. The van der Waals surface area contributed by atoms with Gasteiger partial charge in [-0.3, -0.25) is 9.59 Å². The van der Waals surface area contributed by atoms with E-state index >= 15 is 0 Å². The Morgan fingerprint density at radius 2 is 1.63 bits per heavy atom. The highest BCUT2D eigenvalue weighted by atomic mass is 19.4. The van der Waals surface area contributed by atoms with Crippen molar-refractivity contribution in [2.45, 2.75) is 45.8 Å². The molecule has 3 unspecified atom stereocenters. The van der Waals surface area contributed by atoms with Crippen molar-refractivity contribution in [3.8, 4) is 11.5 Å². The summed E-state index contributed by atoms with van der Waals surface area (Å²) in [7, 11) is 0. The van der Waals surface area contributed by atoms with E-state index in [1.807, 2.05) is 11.0 Å². The van der Waals surface area contributed by atoms with Gasteiger partial charge in [-0.25, -0.2) is 5.43 Å². The summed E-state index contributed by atoms with van der Waals surface area (Å²) in [6, 6.07) is 11.3. The summed E-state index contributed by atoms with van der Waals surface area (Å²) in [4.78, 5) is 27.7. The Morgan fingerprint density at radius 1 is 1.00 bits per heavy atom. The molecule has 3 atom stereocenters. The smallest absolute Gasteiger partial charge is 0.416 e.